The van der Waals surface area contributed by atoms with Crippen LogP contribution in [-0.4, -0.2) is 14.5 Å². The average molecular weight is 436 g/mol. The maximum absolute atomic E-state index is 12.5. The average Bonchev–Trinajstić information content (AvgIpc) is 2.88. The van der Waals surface area contributed by atoms with E-state index in [4.69, 9.17) is 0 Å². The van der Waals surface area contributed by atoms with Crippen LogP contribution in [0, 0.1) is 3.57 Å². The Bertz CT molecular complexity index is 711. The third-order valence-electron chi connectivity index (χ3n) is 2.78. The topological polar surface area (TPSA) is 58.2 Å². The lowest BCUT2D eigenvalue weighted by atomic mass is 10.3. The van der Waals surface area contributed by atoms with Crippen LogP contribution in [0.3, 0.4) is 0 Å². The van der Waals surface area contributed by atoms with Gasteiger partial charge in [-0.1, -0.05) is 26.0 Å². The fourth-order valence-corrected chi connectivity index (χ4v) is 4.92. The first-order valence-electron chi connectivity index (χ1n) is 6.47. The summed E-state index contributed by atoms with van der Waals surface area (Å²) in [4.78, 5) is 1.17. The highest BCUT2D eigenvalue weighted by atomic mass is 127. The van der Waals surface area contributed by atoms with E-state index < -0.39 is 10.0 Å². The van der Waals surface area contributed by atoms with E-state index in [0.717, 1.165) is 8.45 Å². The summed E-state index contributed by atoms with van der Waals surface area (Å²) in [6, 6.07) is 9.29. The smallest absolute Gasteiger partial charge is 0.263 e. The van der Waals surface area contributed by atoms with Gasteiger partial charge in [0, 0.05) is 21.0 Å². The van der Waals surface area contributed by atoms with Gasteiger partial charge in [-0.25, -0.2) is 8.42 Å². The minimum absolute atomic E-state index is 0.311. The highest BCUT2D eigenvalue weighted by Gasteiger charge is 2.20. The molecule has 0 fully saturated rings. The Morgan fingerprint density at radius 2 is 1.95 bits per heavy atom. The van der Waals surface area contributed by atoms with Crippen LogP contribution in [0.15, 0.2) is 40.6 Å². The van der Waals surface area contributed by atoms with E-state index in [0.29, 0.717) is 23.2 Å². The number of sulfonamides is 1. The number of halogens is 1. The van der Waals surface area contributed by atoms with Crippen LogP contribution in [-0.2, 0) is 16.6 Å². The molecule has 0 saturated heterocycles. The Hall–Kier alpha value is -0.640. The Morgan fingerprint density at radius 1 is 1.24 bits per heavy atom. The molecule has 0 radical (unpaired) electrons. The minimum atomic E-state index is -3.56. The van der Waals surface area contributed by atoms with Gasteiger partial charge in [-0.15, -0.1) is 11.3 Å². The molecule has 0 amide bonds. The molecule has 0 spiro atoms. The van der Waals surface area contributed by atoms with Crippen LogP contribution in [0.5, 0.6) is 0 Å². The second-order valence-corrected chi connectivity index (χ2v) is 8.64. The Morgan fingerprint density at radius 3 is 2.62 bits per heavy atom. The quantitative estimate of drug-likeness (QED) is 0.680. The molecule has 7 heteroatoms. The number of nitrogens with one attached hydrogen (secondary N) is 2. The van der Waals surface area contributed by atoms with Gasteiger partial charge in [-0.05, 0) is 46.2 Å². The second kappa shape index (κ2) is 7.08. The lowest BCUT2D eigenvalue weighted by molar-refractivity contribution is 0.581. The summed E-state index contributed by atoms with van der Waals surface area (Å²) in [7, 11) is -3.56. The molecule has 21 heavy (non-hydrogen) atoms. The standard InChI is InChI=1S/C14H17IN2O2S2/c1-10(2)16-9-13-14(7-8-20-13)21(18,19)17-12-6-4-3-5-11(12)15/h3-8,10,16-17H,9H2,1-2H3. The zero-order valence-corrected chi connectivity index (χ0v) is 15.6. The molecular formula is C14H17IN2O2S2. The molecule has 0 aliphatic heterocycles. The zero-order valence-electron chi connectivity index (χ0n) is 11.8. The predicted molar refractivity (Wildman–Crippen MR) is 96.3 cm³/mol. The van der Waals surface area contributed by atoms with Gasteiger partial charge >= 0.3 is 0 Å². The number of benzene rings is 1. The summed E-state index contributed by atoms with van der Waals surface area (Å²) in [5.41, 5.74) is 0.604. The van der Waals surface area contributed by atoms with Crippen LogP contribution < -0.4 is 10.0 Å². The molecule has 114 valence electrons. The molecule has 4 nitrogen and oxygen atoms in total. The molecule has 2 aromatic rings. The van der Waals surface area contributed by atoms with E-state index in [9.17, 15) is 8.42 Å². The van der Waals surface area contributed by atoms with Gasteiger partial charge in [-0.3, -0.25) is 4.72 Å². The first kappa shape index (κ1) is 16.7. The minimum Gasteiger partial charge on any atom is -0.310 e. The summed E-state index contributed by atoms with van der Waals surface area (Å²) in [5.74, 6) is 0. The van der Waals surface area contributed by atoms with Crippen LogP contribution >= 0.6 is 33.9 Å². The van der Waals surface area contributed by atoms with Crippen molar-refractivity contribution in [1.82, 2.24) is 5.32 Å². The van der Waals surface area contributed by atoms with Gasteiger partial charge in [0.1, 0.15) is 4.90 Å². The third kappa shape index (κ3) is 4.41. The van der Waals surface area contributed by atoms with Gasteiger partial charge in [0.15, 0.2) is 0 Å². The van der Waals surface area contributed by atoms with Gasteiger partial charge in [0.25, 0.3) is 10.0 Å². The van der Waals surface area contributed by atoms with Crippen molar-refractivity contribution < 1.29 is 8.42 Å². The van der Waals surface area contributed by atoms with Crippen molar-refractivity contribution in [2.45, 2.75) is 31.3 Å². The zero-order chi connectivity index (χ0) is 15.5. The van der Waals surface area contributed by atoms with Gasteiger partial charge < -0.3 is 5.32 Å². The Labute approximate surface area is 143 Å². The SMILES string of the molecule is CC(C)NCc1sccc1S(=O)(=O)Nc1ccccc1I. The number of para-hydroxylation sites is 1. The molecule has 0 aliphatic rings. The van der Waals surface area contributed by atoms with Crippen molar-refractivity contribution in [3.63, 3.8) is 0 Å². The number of hydrogen-bond donors (Lipinski definition) is 2. The van der Waals surface area contributed by atoms with Crippen molar-refractivity contribution in [3.05, 3.63) is 44.2 Å². The predicted octanol–water partition coefficient (Wildman–Crippen LogP) is 3.65. The molecule has 1 heterocycles. The highest BCUT2D eigenvalue weighted by molar-refractivity contribution is 14.1. The Balaban J connectivity index is 2.24. The van der Waals surface area contributed by atoms with Gasteiger partial charge in [0.05, 0.1) is 5.69 Å². The molecule has 1 aromatic carbocycles. The molecule has 2 N–H and O–H groups in total. The Kier molecular flexibility index (Phi) is 5.64. The number of thiophene rings is 1. The third-order valence-corrected chi connectivity index (χ3v) is 6.22. The van der Waals surface area contributed by atoms with Crippen molar-refractivity contribution >= 4 is 49.6 Å². The largest absolute Gasteiger partial charge is 0.310 e. The second-order valence-electron chi connectivity index (χ2n) is 4.83. The summed E-state index contributed by atoms with van der Waals surface area (Å²) in [6.45, 7) is 4.62. The van der Waals surface area contributed by atoms with Crippen molar-refractivity contribution in [3.8, 4) is 0 Å². The first-order chi connectivity index (χ1) is 9.90. The van der Waals surface area contributed by atoms with E-state index in [1.807, 2.05) is 37.4 Å². The van der Waals surface area contributed by atoms with Crippen LogP contribution in [0.1, 0.15) is 18.7 Å². The van der Waals surface area contributed by atoms with E-state index >= 15 is 0 Å². The van der Waals surface area contributed by atoms with Crippen LogP contribution in [0.2, 0.25) is 0 Å². The lowest BCUT2D eigenvalue weighted by Crippen LogP contribution is -2.23. The van der Waals surface area contributed by atoms with E-state index in [1.54, 1.807) is 12.1 Å². The summed E-state index contributed by atoms with van der Waals surface area (Å²) in [5, 5.41) is 5.06. The van der Waals surface area contributed by atoms with Crippen molar-refractivity contribution in [1.29, 1.82) is 0 Å². The molecule has 2 rings (SSSR count). The summed E-state index contributed by atoms with van der Waals surface area (Å²) in [6.07, 6.45) is 0. The maximum atomic E-state index is 12.5. The number of hydrogen-bond acceptors (Lipinski definition) is 4. The first-order valence-corrected chi connectivity index (χ1v) is 9.91. The van der Waals surface area contributed by atoms with Gasteiger partial charge in [-0.2, -0.15) is 0 Å². The van der Waals surface area contributed by atoms with Crippen molar-refractivity contribution in [2.24, 2.45) is 0 Å². The number of rotatable bonds is 6. The lowest BCUT2D eigenvalue weighted by Gasteiger charge is -2.12. The molecule has 0 saturated carbocycles. The normalized spacial score (nSPS) is 11.8. The van der Waals surface area contributed by atoms with E-state index in [-0.39, 0.29) is 0 Å². The molecule has 0 atom stereocenters. The van der Waals surface area contributed by atoms with E-state index in [2.05, 4.69) is 32.6 Å². The molecule has 0 unspecified atom stereocenters. The number of anilines is 1. The fraction of sp³-hybridized carbons (Fsp3) is 0.286. The molecule has 0 aliphatic carbocycles. The molecular weight excluding hydrogens is 419 g/mol. The summed E-state index contributed by atoms with van der Waals surface area (Å²) >= 11 is 3.57. The monoisotopic (exact) mass is 436 g/mol. The van der Waals surface area contributed by atoms with Gasteiger partial charge in [0.2, 0.25) is 0 Å². The van der Waals surface area contributed by atoms with Crippen LogP contribution in [0.25, 0.3) is 0 Å². The molecule has 1 aromatic heterocycles. The highest BCUT2D eigenvalue weighted by Crippen LogP contribution is 2.26. The van der Waals surface area contributed by atoms with Crippen LogP contribution in [0.4, 0.5) is 5.69 Å². The fourth-order valence-electron chi connectivity index (χ4n) is 1.74. The van der Waals surface area contributed by atoms with E-state index in [1.165, 1.54) is 11.3 Å². The molecule has 0 bridgehead atoms. The maximum Gasteiger partial charge on any atom is 0.263 e. The summed E-state index contributed by atoms with van der Waals surface area (Å²) < 4.78 is 28.6. The van der Waals surface area contributed by atoms with Crippen molar-refractivity contribution in [2.75, 3.05) is 4.72 Å².